The number of nitrogens with zero attached hydrogens (tertiary/aromatic N) is 1. The number of aryl methyl sites for hydroxylation is 1. The van der Waals surface area contributed by atoms with Crippen LogP contribution in [0.25, 0.3) is 11.3 Å². The summed E-state index contributed by atoms with van der Waals surface area (Å²) in [6.45, 7) is 1.50. The van der Waals surface area contributed by atoms with Crippen molar-refractivity contribution in [2.45, 2.75) is 6.92 Å². The fraction of sp³-hybridized carbons (Fsp3) is 0.0909. The topological polar surface area (TPSA) is 52.3 Å². The van der Waals surface area contributed by atoms with Gasteiger partial charge in [0, 0.05) is 18.5 Å². The third-order valence-corrected chi connectivity index (χ3v) is 2.58. The minimum absolute atomic E-state index is 0.00963. The normalized spacial score (nSPS) is 10.4. The molecule has 18 heavy (non-hydrogen) atoms. The van der Waals surface area contributed by atoms with Crippen molar-refractivity contribution >= 4 is 28.6 Å². The summed E-state index contributed by atoms with van der Waals surface area (Å²) in [6.07, 6.45) is 0. The maximum Gasteiger partial charge on any atom is 0.409 e. The fourth-order valence-corrected chi connectivity index (χ4v) is 1.78. The lowest BCUT2D eigenvalue weighted by atomic mass is 10.1. The highest BCUT2D eigenvalue weighted by molar-refractivity contribution is 6.61. The van der Waals surface area contributed by atoms with Crippen molar-refractivity contribution in [1.29, 1.82) is 0 Å². The molecule has 1 aromatic carbocycles. The fourth-order valence-electron chi connectivity index (χ4n) is 1.45. The van der Waals surface area contributed by atoms with Crippen LogP contribution < -0.4 is 4.74 Å². The van der Waals surface area contributed by atoms with Crippen LogP contribution in [0, 0.1) is 12.7 Å². The molecule has 1 heterocycles. The molecule has 0 spiro atoms. The molecule has 0 aliphatic heterocycles. The minimum atomic E-state index is -1.07. The molecule has 0 fully saturated rings. The van der Waals surface area contributed by atoms with Gasteiger partial charge in [0.25, 0.3) is 0 Å². The Balaban J connectivity index is 2.61. The van der Waals surface area contributed by atoms with Crippen molar-refractivity contribution in [2.24, 2.45) is 0 Å². The molecular formula is C11H6Cl2FNO3. The molecular weight excluding hydrogens is 284 g/mol. The van der Waals surface area contributed by atoms with Crippen LogP contribution in [0.4, 0.5) is 9.18 Å². The number of benzene rings is 1. The van der Waals surface area contributed by atoms with Crippen LogP contribution in [0.5, 0.6) is 5.75 Å². The quantitative estimate of drug-likeness (QED) is 0.778. The van der Waals surface area contributed by atoms with Crippen LogP contribution in [0.1, 0.15) is 5.76 Å². The van der Waals surface area contributed by atoms with Crippen molar-refractivity contribution < 1.29 is 18.4 Å². The van der Waals surface area contributed by atoms with Gasteiger partial charge in [-0.15, -0.1) is 0 Å². The second-order valence-electron chi connectivity index (χ2n) is 3.35. The standard InChI is InChI=1S/C11H6Cl2FNO3/c1-5-10(17-11(13)16)9(15-18-5)8-6(12)3-2-4-7(8)14/h2-4H,1H3. The second kappa shape index (κ2) is 4.96. The Kier molecular flexibility index (Phi) is 3.54. The molecule has 2 rings (SSSR count). The van der Waals surface area contributed by atoms with Crippen molar-refractivity contribution in [1.82, 2.24) is 5.16 Å². The maximum atomic E-state index is 13.7. The molecule has 0 N–H and O–H groups in total. The maximum absolute atomic E-state index is 13.7. The molecule has 0 saturated carbocycles. The Morgan fingerprint density at radius 1 is 1.50 bits per heavy atom. The summed E-state index contributed by atoms with van der Waals surface area (Å²) >= 11 is 11.0. The van der Waals surface area contributed by atoms with Gasteiger partial charge in [-0.05, 0) is 12.1 Å². The van der Waals surface area contributed by atoms with Crippen molar-refractivity contribution in [3.05, 3.63) is 34.8 Å². The summed E-state index contributed by atoms with van der Waals surface area (Å²) < 4.78 is 23.3. The van der Waals surface area contributed by atoms with E-state index < -0.39 is 11.2 Å². The smallest absolute Gasteiger partial charge is 0.408 e. The number of halogens is 3. The van der Waals surface area contributed by atoms with E-state index in [0.29, 0.717) is 0 Å². The zero-order chi connectivity index (χ0) is 13.3. The number of carbonyl (C=O) groups excluding carboxylic acids is 1. The van der Waals surface area contributed by atoms with Crippen LogP contribution in [-0.2, 0) is 0 Å². The lowest BCUT2D eigenvalue weighted by Crippen LogP contribution is -1.98. The van der Waals surface area contributed by atoms with Crippen LogP contribution in [0.3, 0.4) is 0 Å². The summed E-state index contributed by atoms with van der Waals surface area (Å²) in [4.78, 5) is 10.8. The first-order valence-electron chi connectivity index (χ1n) is 4.78. The summed E-state index contributed by atoms with van der Waals surface area (Å²) in [5, 5.41) is 3.75. The zero-order valence-corrected chi connectivity index (χ0v) is 10.5. The largest absolute Gasteiger partial charge is 0.409 e. The van der Waals surface area contributed by atoms with E-state index in [2.05, 4.69) is 5.16 Å². The Morgan fingerprint density at radius 2 is 2.22 bits per heavy atom. The molecule has 0 radical (unpaired) electrons. The van der Waals surface area contributed by atoms with Crippen LogP contribution in [0.2, 0.25) is 5.02 Å². The number of ether oxygens (including phenoxy) is 1. The molecule has 0 atom stereocenters. The second-order valence-corrected chi connectivity index (χ2v) is 4.07. The minimum Gasteiger partial charge on any atom is -0.408 e. The molecule has 2 aromatic rings. The first-order valence-corrected chi connectivity index (χ1v) is 5.54. The average Bonchev–Trinajstić information content (AvgIpc) is 2.61. The first kappa shape index (κ1) is 12.9. The summed E-state index contributed by atoms with van der Waals surface area (Å²) in [5.74, 6) is -0.469. The van der Waals surface area contributed by atoms with Gasteiger partial charge in [0.2, 0.25) is 5.75 Å². The predicted molar refractivity (Wildman–Crippen MR) is 63.5 cm³/mol. The van der Waals surface area contributed by atoms with Gasteiger partial charge in [-0.25, -0.2) is 9.18 Å². The number of hydrogen-bond donors (Lipinski definition) is 0. The molecule has 0 amide bonds. The highest BCUT2D eigenvalue weighted by Crippen LogP contribution is 2.38. The molecule has 1 aromatic heterocycles. The monoisotopic (exact) mass is 289 g/mol. The van der Waals surface area contributed by atoms with E-state index in [9.17, 15) is 9.18 Å². The van der Waals surface area contributed by atoms with Gasteiger partial charge >= 0.3 is 5.43 Å². The van der Waals surface area contributed by atoms with E-state index in [-0.39, 0.29) is 27.8 Å². The third kappa shape index (κ3) is 2.32. The third-order valence-electron chi connectivity index (χ3n) is 2.19. The number of hydrogen-bond acceptors (Lipinski definition) is 4. The van der Waals surface area contributed by atoms with Gasteiger partial charge in [0.05, 0.1) is 10.6 Å². The van der Waals surface area contributed by atoms with Gasteiger partial charge in [-0.3, -0.25) is 0 Å². The highest BCUT2D eigenvalue weighted by atomic mass is 35.5. The molecule has 0 bridgehead atoms. The Hall–Kier alpha value is -1.59. The van der Waals surface area contributed by atoms with Crippen LogP contribution in [-0.4, -0.2) is 10.6 Å². The average molecular weight is 290 g/mol. The van der Waals surface area contributed by atoms with Gasteiger partial charge in [-0.2, -0.15) is 0 Å². The van der Waals surface area contributed by atoms with Gasteiger partial charge < -0.3 is 9.26 Å². The van der Waals surface area contributed by atoms with Crippen molar-refractivity contribution in [3.63, 3.8) is 0 Å². The van der Waals surface area contributed by atoms with E-state index in [4.69, 9.17) is 32.5 Å². The van der Waals surface area contributed by atoms with Gasteiger partial charge in [0.15, 0.2) is 11.5 Å². The van der Waals surface area contributed by atoms with E-state index in [1.807, 2.05) is 0 Å². The number of carbonyl (C=O) groups is 1. The van der Waals surface area contributed by atoms with E-state index in [1.54, 1.807) is 0 Å². The van der Waals surface area contributed by atoms with Crippen LogP contribution in [0.15, 0.2) is 22.7 Å². The molecule has 0 saturated heterocycles. The Morgan fingerprint density at radius 3 is 2.83 bits per heavy atom. The Labute approximate surface area is 111 Å². The molecule has 0 aliphatic rings. The summed E-state index contributed by atoms with van der Waals surface area (Å²) in [6, 6.07) is 4.13. The van der Waals surface area contributed by atoms with Crippen molar-refractivity contribution in [3.8, 4) is 17.0 Å². The Bertz CT molecular complexity index is 592. The molecule has 4 nitrogen and oxygen atoms in total. The van der Waals surface area contributed by atoms with Gasteiger partial charge in [0.1, 0.15) is 5.82 Å². The molecule has 7 heteroatoms. The van der Waals surface area contributed by atoms with Crippen LogP contribution >= 0.6 is 23.2 Å². The summed E-state index contributed by atoms with van der Waals surface area (Å²) in [5.41, 5.74) is -1.09. The van der Waals surface area contributed by atoms with E-state index in [1.165, 1.54) is 25.1 Å². The highest BCUT2D eigenvalue weighted by Gasteiger charge is 2.23. The first-order chi connectivity index (χ1) is 8.50. The summed E-state index contributed by atoms with van der Waals surface area (Å²) in [7, 11) is 0. The number of rotatable bonds is 2. The number of aromatic nitrogens is 1. The lowest BCUT2D eigenvalue weighted by Gasteiger charge is -2.04. The SMILES string of the molecule is Cc1onc(-c2c(F)cccc2Cl)c1OC(=O)Cl. The molecule has 0 unspecified atom stereocenters. The predicted octanol–water partition coefficient (Wildman–Crippen LogP) is 4.18. The zero-order valence-electron chi connectivity index (χ0n) is 9.04. The lowest BCUT2D eigenvalue weighted by molar-refractivity contribution is 0.224. The molecule has 94 valence electrons. The van der Waals surface area contributed by atoms with E-state index in [0.717, 1.165) is 0 Å². The van der Waals surface area contributed by atoms with E-state index >= 15 is 0 Å². The molecule has 0 aliphatic carbocycles. The van der Waals surface area contributed by atoms with Crippen molar-refractivity contribution in [2.75, 3.05) is 0 Å². The van der Waals surface area contributed by atoms with Gasteiger partial charge in [-0.1, -0.05) is 22.8 Å².